The van der Waals surface area contributed by atoms with Crippen molar-refractivity contribution in [2.75, 3.05) is 0 Å². The van der Waals surface area contributed by atoms with E-state index in [0.717, 1.165) is 37.5 Å². The Balaban J connectivity index is 1.75. The fraction of sp³-hybridized carbons (Fsp3) is 0.966. The van der Waals surface area contributed by atoms with Gasteiger partial charge < -0.3 is 5.11 Å². The lowest BCUT2D eigenvalue weighted by molar-refractivity contribution is -0.268. The molecule has 31 heavy (non-hydrogen) atoms. The van der Waals surface area contributed by atoms with Crippen molar-refractivity contribution in [3.05, 3.63) is 0 Å². The van der Waals surface area contributed by atoms with Gasteiger partial charge in [-0.25, -0.2) is 0 Å². The first-order valence-corrected chi connectivity index (χ1v) is 13.5. The van der Waals surface area contributed by atoms with E-state index in [1.54, 1.807) is 0 Å². The summed E-state index contributed by atoms with van der Waals surface area (Å²) in [6.45, 7) is 20.5. The van der Waals surface area contributed by atoms with E-state index >= 15 is 0 Å². The van der Waals surface area contributed by atoms with E-state index in [1.165, 1.54) is 38.5 Å². The molecule has 2 heteroatoms. The Kier molecular flexibility index (Phi) is 5.51. The highest BCUT2D eigenvalue weighted by Gasteiger charge is 2.71. The lowest BCUT2D eigenvalue weighted by Crippen LogP contribution is -2.68. The maximum absolute atomic E-state index is 12.2. The molecule has 5 unspecified atom stereocenters. The first kappa shape index (κ1) is 23.6. The maximum Gasteiger partial charge on any atom is 0.306 e. The predicted molar refractivity (Wildman–Crippen MR) is 129 cm³/mol. The van der Waals surface area contributed by atoms with E-state index in [2.05, 4.69) is 55.4 Å². The molecule has 4 aliphatic carbocycles. The molecule has 9 atom stereocenters. The van der Waals surface area contributed by atoms with Gasteiger partial charge in [-0.3, -0.25) is 4.79 Å². The molecule has 0 saturated heterocycles. The van der Waals surface area contributed by atoms with Gasteiger partial charge in [-0.2, -0.15) is 0 Å². The summed E-state index contributed by atoms with van der Waals surface area (Å²) < 4.78 is 0. The van der Waals surface area contributed by atoms with Gasteiger partial charge in [0.2, 0.25) is 0 Å². The summed E-state index contributed by atoms with van der Waals surface area (Å²) in [5, 5.41) is 10.0. The molecular formula is C29H50O2. The highest BCUT2D eigenvalue weighted by molar-refractivity contribution is 5.70. The number of carboxylic acids is 1. The minimum Gasteiger partial charge on any atom is -0.481 e. The monoisotopic (exact) mass is 430 g/mol. The number of rotatable bonds is 3. The zero-order valence-corrected chi connectivity index (χ0v) is 21.8. The molecule has 0 spiro atoms. The predicted octanol–water partition coefficient (Wildman–Crippen LogP) is 8.20. The van der Waals surface area contributed by atoms with Gasteiger partial charge >= 0.3 is 5.97 Å². The van der Waals surface area contributed by atoms with Crippen LogP contribution in [0.5, 0.6) is 0 Å². The van der Waals surface area contributed by atoms with Gasteiger partial charge in [0.15, 0.2) is 0 Å². The Bertz CT molecular complexity index is 726. The number of hydrogen-bond donors (Lipinski definition) is 1. The molecule has 4 saturated carbocycles. The molecule has 0 aromatic rings. The van der Waals surface area contributed by atoms with Crippen molar-refractivity contribution in [3.8, 4) is 0 Å². The number of fused-ring (bicyclic) bond motifs is 5. The van der Waals surface area contributed by atoms with Crippen molar-refractivity contribution >= 4 is 5.97 Å². The summed E-state index contributed by atoms with van der Waals surface area (Å²) in [5.74, 6) is 1.89. The van der Waals surface area contributed by atoms with Crippen LogP contribution in [-0.4, -0.2) is 11.1 Å². The van der Waals surface area contributed by atoms with Gasteiger partial charge in [0.05, 0.1) is 5.92 Å². The lowest BCUT2D eigenvalue weighted by atomic mass is 9.29. The summed E-state index contributed by atoms with van der Waals surface area (Å²) in [5.41, 5.74) is 1.81. The van der Waals surface area contributed by atoms with E-state index in [1.807, 2.05) is 0 Å². The zero-order valence-electron chi connectivity index (χ0n) is 21.8. The molecule has 178 valence electrons. The summed E-state index contributed by atoms with van der Waals surface area (Å²) in [6, 6.07) is 0. The van der Waals surface area contributed by atoms with Gasteiger partial charge in [0.25, 0.3) is 0 Å². The van der Waals surface area contributed by atoms with Crippen LogP contribution in [0.4, 0.5) is 0 Å². The molecule has 4 fully saturated rings. The third-order valence-electron chi connectivity index (χ3n) is 13.5. The molecule has 0 aromatic carbocycles. The van der Waals surface area contributed by atoms with Crippen molar-refractivity contribution in [1.29, 1.82) is 0 Å². The second kappa shape index (κ2) is 7.23. The average molecular weight is 431 g/mol. The first-order valence-electron chi connectivity index (χ1n) is 13.5. The smallest absolute Gasteiger partial charge is 0.306 e. The standard InChI is InChI=1S/C29H50O2/c1-9-10-20-21(24(30)31)14-16-26(5)22(20)11-12-23-27(26,6)17-18-29(8)25(3,4)19(2)13-15-28(23,29)7/h19-23H,9-18H2,1-8H3,(H,30,31)/t19?,20?,21-,22?,23?,26+,27+,28+,29?/m0/s1. The van der Waals surface area contributed by atoms with Crippen LogP contribution in [0.15, 0.2) is 0 Å². The van der Waals surface area contributed by atoms with Gasteiger partial charge in [-0.1, -0.05) is 61.8 Å². The van der Waals surface area contributed by atoms with Crippen molar-refractivity contribution < 1.29 is 9.90 Å². The highest BCUT2D eigenvalue weighted by atomic mass is 16.4. The molecule has 4 rings (SSSR count). The van der Waals surface area contributed by atoms with Crippen molar-refractivity contribution in [3.63, 3.8) is 0 Å². The Hall–Kier alpha value is -0.530. The fourth-order valence-electron chi connectivity index (χ4n) is 10.5. The SMILES string of the molecule is CCCC1C2CCC3[C@@]4(C)CCC(C)C(C)(C)C4(C)CC[C@@]3(C)[C@]2(C)CC[C@@H]1C(=O)O. The molecule has 2 nitrogen and oxygen atoms in total. The van der Waals surface area contributed by atoms with Gasteiger partial charge in [0.1, 0.15) is 0 Å². The van der Waals surface area contributed by atoms with Crippen molar-refractivity contribution in [2.45, 2.75) is 120 Å². The van der Waals surface area contributed by atoms with Gasteiger partial charge in [-0.05, 0) is 109 Å². The van der Waals surface area contributed by atoms with E-state index < -0.39 is 5.97 Å². The zero-order chi connectivity index (χ0) is 23.0. The van der Waals surface area contributed by atoms with Gasteiger partial charge in [-0.15, -0.1) is 0 Å². The highest BCUT2D eigenvalue weighted by Crippen LogP contribution is 2.78. The number of carboxylic acid groups (broad SMARTS) is 1. The van der Waals surface area contributed by atoms with Crippen LogP contribution >= 0.6 is 0 Å². The second-order valence-electron chi connectivity index (χ2n) is 13.9. The van der Waals surface area contributed by atoms with Crippen LogP contribution < -0.4 is 0 Å². The molecule has 0 heterocycles. The number of carbonyl (C=O) groups is 1. The van der Waals surface area contributed by atoms with Crippen LogP contribution in [0.25, 0.3) is 0 Å². The van der Waals surface area contributed by atoms with Crippen molar-refractivity contribution in [2.24, 2.45) is 56.7 Å². The minimum atomic E-state index is -0.529. The summed E-state index contributed by atoms with van der Waals surface area (Å²) in [4.78, 5) is 12.2. The Morgan fingerprint density at radius 2 is 1.48 bits per heavy atom. The third-order valence-corrected chi connectivity index (χ3v) is 13.5. The minimum absolute atomic E-state index is 0.114. The number of aliphatic carboxylic acids is 1. The molecule has 0 aromatic heterocycles. The van der Waals surface area contributed by atoms with Crippen LogP contribution in [0.3, 0.4) is 0 Å². The van der Waals surface area contributed by atoms with Gasteiger partial charge in [0, 0.05) is 0 Å². The second-order valence-corrected chi connectivity index (χ2v) is 13.9. The molecular weight excluding hydrogens is 380 g/mol. The van der Waals surface area contributed by atoms with Crippen LogP contribution in [-0.2, 0) is 4.79 Å². The molecule has 0 aliphatic heterocycles. The summed E-state index contributed by atoms with van der Waals surface area (Å²) in [7, 11) is 0. The van der Waals surface area contributed by atoms with E-state index in [4.69, 9.17) is 0 Å². The Morgan fingerprint density at radius 1 is 0.839 bits per heavy atom. The quantitative estimate of drug-likeness (QED) is 0.490. The molecule has 0 bridgehead atoms. The Morgan fingerprint density at radius 3 is 2.10 bits per heavy atom. The first-order chi connectivity index (χ1) is 14.3. The van der Waals surface area contributed by atoms with Crippen molar-refractivity contribution in [1.82, 2.24) is 0 Å². The summed E-state index contributed by atoms with van der Waals surface area (Å²) in [6.07, 6.45) is 12.2. The molecule has 0 radical (unpaired) electrons. The van der Waals surface area contributed by atoms with Crippen LogP contribution in [0.2, 0.25) is 0 Å². The lowest BCUT2D eigenvalue weighted by Gasteiger charge is -2.75. The van der Waals surface area contributed by atoms with E-state index in [9.17, 15) is 9.90 Å². The number of hydrogen-bond acceptors (Lipinski definition) is 1. The van der Waals surface area contributed by atoms with E-state index in [0.29, 0.717) is 38.9 Å². The van der Waals surface area contributed by atoms with Crippen LogP contribution in [0.1, 0.15) is 120 Å². The molecule has 4 aliphatic rings. The van der Waals surface area contributed by atoms with E-state index in [-0.39, 0.29) is 5.92 Å². The summed E-state index contributed by atoms with van der Waals surface area (Å²) >= 11 is 0. The fourth-order valence-corrected chi connectivity index (χ4v) is 10.5. The Labute approximate surface area is 192 Å². The normalized spacial score (nSPS) is 53.7. The molecule has 0 amide bonds. The largest absolute Gasteiger partial charge is 0.481 e. The topological polar surface area (TPSA) is 37.3 Å². The molecule has 1 N–H and O–H groups in total. The van der Waals surface area contributed by atoms with Crippen LogP contribution in [0, 0.1) is 56.7 Å². The third kappa shape index (κ3) is 2.78. The maximum atomic E-state index is 12.2. The average Bonchev–Trinajstić information content (AvgIpc) is 2.69.